The van der Waals surface area contributed by atoms with E-state index in [-0.39, 0.29) is 0 Å². The lowest BCUT2D eigenvalue weighted by atomic mass is 9.98. The quantitative estimate of drug-likeness (QED) is 0.862. The third-order valence-corrected chi connectivity index (χ3v) is 6.47. The van der Waals surface area contributed by atoms with Crippen LogP contribution in [0.15, 0.2) is 18.2 Å². The minimum atomic E-state index is 0.462. The van der Waals surface area contributed by atoms with E-state index in [0.29, 0.717) is 11.8 Å². The van der Waals surface area contributed by atoms with Crippen LogP contribution in [0, 0.1) is 6.92 Å². The first-order valence-electron chi connectivity index (χ1n) is 10.5. The SMILES string of the molecule is CCC1CCCC[NH+]1Cc1c(C)[nH+]c2ccc(N3CCOCC3)cc2c1O. The average molecular weight is 372 g/mol. The van der Waals surface area contributed by atoms with Gasteiger partial charge in [-0.3, -0.25) is 0 Å². The average Bonchev–Trinajstić information content (AvgIpc) is 2.72. The molecular weight excluding hydrogens is 338 g/mol. The lowest BCUT2D eigenvalue weighted by molar-refractivity contribution is -0.944. The third-order valence-electron chi connectivity index (χ3n) is 6.47. The van der Waals surface area contributed by atoms with Crippen molar-refractivity contribution in [1.82, 2.24) is 0 Å². The summed E-state index contributed by atoms with van der Waals surface area (Å²) in [6, 6.07) is 7.09. The summed E-state index contributed by atoms with van der Waals surface area (Å²) in [6.07, 6.45) is 5.17. The Kier molecular flexibility index (Phi) is 5.50. The van der Waals surface area contributed by atoms with Gasteiger partial charge < -0.3 is 19.6 Å². The molecule has 0 spiro atoms. The summed E-state index contributed by atoms with van der Waals surface area (Å²) in [5.74, 6) is 0.462. The first kappa shape index (κ1) is 18.5. The molecule has 2 saturated heterocycles. The van der Waals surface area contributed by atoms with E-state index in [1.165, 1.54) is 37.9 Å². The monoisotopic (exact) mass is 371 g/mol. The van der Waals surface area contributed by atoms with Crippen molar-refractivity contribution in [1.29, 1.82) is 0 Å². The molecule has 0 radical (unpaired) electrons. The second-order valence-corrected chi connectivity index (χ2v) is 8.09. The normalized spacial score (nSPS) is 23.7. The minimum Gasteiger partial charge on any atom is -0.506 e. The number of quaternary nitrogens is 1. The number of hydrogen-bond acceptors (Lipinski definition) is 3. The number of likely N-dealkylation sites (tertiary alicyclic amines) is 1. The molecule has 2 aliphatic heterocycles. The van der Waals surface area contributed by atoms with Gasteiger partial charge in [-0.25, -0.2) is 4.98 Å². The molecule has 0 aliphatic carbocycles. The van der Waals surface area contributed by atoms with Gasteiger partial charge in [-0.1, -0.05) is 6.92 Å². The van der Waals surface area contributed by atoms with Crippen molar-refractivity contribution in [3.8, 4) is 5.75 Å². The van der Waals surface area contributed by atoms with E-state index in [1.807, 2.05) is 0 Å². The standard InChI is InChI=1S/C22H31N3O2/c1-3-17-6-4-5-9-25(17)15-20-16(2)23-21-8-7-18(14-19(21)22(20)26)24-10-12-27-13-11-24/h7-8,14,17H,3-6,9-13,15H2,1-2H3,(H,23,26)/p+2. The molecule has 3 N–H and O–H groups in total. The van der Waals surface area contributed by atoms with Gasteiger partial charge in [-0.15, -0.1) is 0 Å². The maximum absolute atomic E-state index is 11.2. The Morgan fingerprint density at radius 3 is 2.85 bits per heavy atom. The Bertz CT molecular complexity index is 802. The van der Waals surface area contributed by atoms with Crippen LogP contribution >= 0.6 is 0 Å². The number of benzene rings is 1. The number of aromatic hydroxyl groups is 1. The summed E-state index contributed by atoms with van der Waals surface area (Å²) >= 11 is 0. The number of aromatic amines is 1. The van der Waals surface area contributed by atoms with Crippen LogP contribution in [0.5, 0.6) is 5.75 Å². The predicted octanol–water partition coefficient (Wildman–Crippen LogP) is 1.85. The number of H-pyrrole nitrogens is 1. The highest BCUT2D eigenvalue weighted by atomic mass is 16.5. The van der Waals surface area contributed by atoms with E-state index in [2.05, 4.69) is 41.9 Å². The predicted molar refractivity (Wildman–Crippen MR) is 107 cm³/mol. The summed E-state index contributed by atoms with van der Waals surface area (Å²) in [5, 5.41) is 12.1. The van der Waals surface area contributed by atoms with Crippen LogP contribution in [-0.2, 0) is 11.3 Å². The Morgan fingerprint density at radius 1 is 1.26 bits per heavy atom. The number of hydrogen-bond donors (Lipinski definition) is 2. The molecule has 2 aliphatic rings. The molecule has 2 aromatic rings. The number of rotatable bonds is 4. The van der Waals surface area contributed by atoms with Crippen molar-refractivity contribution in [2.45, 2.75) is 52.1 Å². The molecule has 1 aromatic heterocycles. The molecule has 3 heterocycles. The van der Waals surface area contributed by atoms with Crippen LogP contribution in [0.1, 0.15) is 43.9 Å². The van der Waals surface area contributed by atoms with E-state index >= 15 is 0 Å². The van der Waals surface area contributed by atoms with Crippen LogP contribution in [0.4, 0.5) is 5.69 Å². The number of ether oxygens (including phenoxy) is 1. The first-order valence-corrected chi connectivity index (χ1v) is 10.5. The van der Waals surface area contributed by atoms with Crippen LogP contribution in [0.25, 0.3) is 10.9 Å². The van der Waals surface area contributed by atoms with Crippen molar-refractivity contribution in [3.63, 3.8) is 0 Å². The highest BCUT2D eigenvalue weighted by Gasteiger charge is 2.28. The van der Waals surface area contributed by atoms with Crippen molar-refractivity contribution < 1.29 is 19.7 Å². The molecule has 5 heteroatoms. The number of nitrogens with zero attached hydrogens (tertiary/aromatic N) is 1. The Balaban J connectivity index is 1.67. The molecule has 4 rings (SSSR count). The Morgan fingerprint density at radius 2 is 2.07 bits per heavy atom. The fraction of sp³-hybridized carbons (Fsp3) is 0.591. The number of anilines is 1. The zero-order valence-corrected chi connectivity index (χ0v) is 16.7. The minimum absolute atomic E-state index is 0.462. The van der Waals surface area contributed by atoms with Gasteiger partial charge in [0.15, 0.2) is 5.69 Å². The van der Waals surface area contributed by atoms with Gasteiger partial charge in [0, 0.05) is 31.8 Å². The third kappa shape index (κ3) is 3.76. The Labute approximate surface area is 161 Å². The number of fused-ring (bicyclic) bond motifs is 1. The molecule has 2 atom stereocenters. The molecule has 0 saturated carbocycles. The summed E-state index contributed by atoms with van der Waals surface area (Å²) in [6.45, 7) is 9.86. The second-order valence-electron chi connectivity index (χ2n) is 8.09. The number of nitrogens with one attached hydrogen (secondary N) is 2. The van der Waals surface area contributed by atoms with Crippen molar-refractivity contribution >= 4 is 16.6 Å². The van der Waals surface area contributed by atoms with Gasteiger partial charge >= 0.3 is 0 Å². The maximum Gasteiger partial charge on any atom is 0.214 e. The lowest BCUT2D eigenvalue weighted by Crippen LogP contribution is -3.15. The number of pyridine rings is 1. The molecule has 5 nitrogen and oxygen atoms in total. The fourth-order valence-electron chi connectivity index (χ4n) is 4.79. The highest BCUT2D eigenvalue weighted by Crippen LogP contribution is 2.31. The molecule has 1 aromatic carbocycles. The molecule has 2 unspecified atom stereocenters. The number of morpholine rings is 1. The summed E-state index contributed by atoms with van der Waals surface area (Å²) in [4.78, 5) is 7.50. The van der Waals surface area contributed by atoms with Crippen LogP contribution < -0.4 is 14.8 Å². The smallest absolute Gasteiger partial charge is 0.214 e. The van der Waals surface area contributed by atoms with E-state index in [4.69, 9.17) is 4.74 Å². The van der Waals surface area contributed by atoms with Crippen molar-refractivity contribution in [3.05, 3.63) is 29.5 Å². The van der Waals surface area contributed by atoms with Crippen LogP contribution in [-0.4, -0.2) is 44.0 Å². The van der Waals surface area contributed by atoms with Crippen LogP contribution in [0.2, 0.25) is 0 Å². The zero-order chi connectivity index (χ0) is 18.8. The van der Waals surface area contributed by atoms with Gasteiger partial charge in [0.1, 0.15) is 17.9 Å². The van der Waals surface area contributed by atoms with E-state index in [0.717, 1.165) is 55.0 Å². The summed E-state index contributed by atoms with van der Waals surface area (Å²) in [5.41, 5.74) is 4.34. The highest BCUT2D eigenvalue weighted by molar-refractivity contribution is 5.87. The van der Waals surface area contributed by atoms with E-state index in [1.54, 1.807) is 4.90 Å². The number of aryl methyl sites for hydroxylation is 1. The first-order chi connectivity index (χ1) is 13.2. The van der Waals surface area contributed by atoms with E-state index < -0.39 is 0 Å². The van der Waals surface area contributed by atoms with Gasteiger partial charge in [0.05, 0.1) is 31.2 Å². The van der Waals surface area contributed by atoms with Gasteiger partial charge in [0.2, 0.25) is 5.52 Å². The Hall–Kier alpha value is -1.85. The maximum atomic E-state index is 11.2. The molecular formula is C22H33N3O2+2. The second kappa shape index (κ2) is 8.03. The van der Waals surface area contributed by atoms with Gasteiger partial charge in [0.25, 0.3) is 0 Å². The molecule has 146 valence electrons. The molecule has 0 amide bonds. The van der Waals surface area contributed by atoms with Gasteiger partial charge in [-0.05, 0) is 37.8 Å². The topological polar surface area (TPSA) is 51.3 Å². The fourth-order valence-corrected chi connectivity index (χ4v) is 4.79. The van der Waals surface area contributed by atoms with Gasteiger partial charge in [-0.2, -0.15) is 0 Å². The zero-order valence-electron chi connectivity index (χ0n) is 16.7. The summed E-state index contributed by atoms with van der Waals surface area (Å²) < 4.78 is 5.47. The summed E-state index contributed by atoms with van der Waals surface area (Å²) in [7, 11) is 0. The largest absolute Gasteiger partial charge is 0.506 e. The lowest BCUT2D eigenvalue weighted by Gasteiger charge is -2.32. The van der Waals surface area contributed by atoms with Crippen LogP contribution in [0.3, 0.4) is 0 Å². The molecule has 27 heavy (non-hydrogen) atoms. The molecule has 0 bridgehead atoms. The van der Waals surface area contributed by atoms with Crippen molar-refractivity contribution in [2.75, 3.05) is 37.7 Å². The number of aromatic nitrogens is 1. The van der Waals surface area contributed by atoms with E-state index in [9.17, 15) is 5.11 Å². The molecule has 2 fully saturated rings. The van der Waals surface area contributed by atoms with Crippen molar-refractivity contribution in [2.24, 2.45) is 0 Å². The number of piperidine rings is 1.